The van der Waals surface area contributed by atoms with E-state index in [1.165, 1.54) is 18.0 Å². The maximum absolute atomic E-state index is 11.9. The first-order valence-corrected chi connectivity index (χ1v) is 9.29. The second-order valence-electron chi connectivity index (χ2n) is 5.52. The van der Waals surface area contributed by atoms with Crippen LogP contribution in [0.1, 0.15) is 5.56 Å². The van der Waals surface area contributed by atoms with Gasteiger partial charge in [0.05, 0.1) is 12.0 Å². The number of nitrogens with one attached hydrogen (secondary N) is 1. The van der Waals surface area contributed by atoms with Gasteiger partial charge in [-0.15, -0.1) is 10.2 Å². The van der Waals surface area contributed by atoms with E-state index in [0.29, 0.717) is 21.6 Å². The number of aromatic nitrogens is 3. The van der Waals surface area contributed by atoms with Gasteiger partial charge in [-0.1, -0.05) is 47.6 Å². The largest absolute Gasteiger partial charge is 0.507 e. The van der Waals surface area contributed by atoms with Crippen molar-refractivity contribution in [1.82, 2.24) is 20.2 Å². The topological polar surface area (TPSA) is 92.4 Å². The average Bonchev–Trinajstić information content (AvgIpc) is 3.02. The fourth-order valence-corrected chi connectivity index (χ4v) is 3.15. The van der Waals surface area contributed by atoms with Crippen molar-refractivity contribution in [2.45, 2.75) is 5.16 Å². The highest BCUT2D eigenvalue weighted by atomic mass is 35.5. The second kappa shape index (κ2) is 8.70. The van der Waals surface area contributed by atoms with Gasteiger partial charge < -0.3 is 9.67 Å². The Morgan fingerprint density at radius 1 is 1.30 bits per heavy atom. The van der Waals surface area contributed by atoms with Gasteiger partial charge in [0.1, 0.15) is 5.75 Å². The lowest BCUT2D eigenvalue weighted by Crippen LogP contribution is -2.19. The third kappa shape index (κ3) is 4.87. The summed E-state index contributed by atoms with van der Waals surface area (Å²) in [6, 6.07) is 14.0. The number of thioether (sulfide) groups is 1. The van der Waals surface area contributed by atoms with E-state index in [4.69, 9.17) is 11.6 Å². The van der Waals surface area contributed by atoms with Gasteiger partial charge in [-0.05, 0) is 24.3 Å². The lowest BCUT2D eigenvalue weighted by atomic mass is 10.2. The van der Waals surface area contributed by atoms with Gasteiger partial charge in [0.25, 0.3) is 5.91 Å². The molecule has 0 saturated heterocycles. The molecule has 0 radical (unpaired) electrons. The van der Waals surface area contributed by atoms with Crippen LogP contribution in [0.25, 0.3) is 11.4 Å². The predicted octanol–water partition coefficient (Wildman–Crippen LogP) is 3.08. The number of hydrogen-bond donors (Lipinski definition) is 2. The molecule has 138 valence electrons. The van der Waals surface area contributed by atoms with Crippen LogP contribution < -0.4 is 5.43 Å². The molecular weight excluding hydrogens is 386 g/mol. The van der Waals surface area contributed by atoms with E-state index in [9.17, 15) is 9.90 Å². The van der Waals surface area contributed by atoms with E-state index in [2.05, 4.69) is 20.7 Å². The molecule has 1 heterocycles. The van der Waals surface area contributed by atoms with Gasteiger partial charge >= 0.3 is 0 Å². The maximum atomic E-state index is 11.9. The molecule has 0 saturated carbocycles. The van der Waals surface area contributed by atoms with Crippen LogP contribution >= 0.6 is 23.4 Å². The van der Waals surface area contributed by atoms with Gasteiger partial charge in [-0.3, -0.25) is 4.79 Å². The van der Waals surface area contributed by atoms with Gasteiger partial charge in [-0.25, -0.2) is 5.43 Å². The Kier molecular flexibility index (Phi) is 6.10. The predicted molar refractivity (Wildman–Crippen MR) is 106 cm³/mol. The third-order valence-corrected chi connectivity index (χ3v) is 4.84. The summed E-state index contributed by atoms with van der Waals surface area (Å²) >= 11 is 7.26. The number of phenols is 1. The quantitative estimate of drug-likeness (QED) is 0.376. The number of nitrogens with zero attached hydrogens (tertiary/aromatic N) is 4. The minimum absolute atomic E-state index is 0.0949. The Labute approximate surface area is 165 Å². The van der Waals surface area contributed by atoms with Crippen LogP contribution in [0, 0.1) is 0 Å². The highest BCUT2D eigenvalue weighted by molar-refractivity contribution is 7.99. The van der Waals surface area contributed by atoms with E-state index in [-0.39, 0.29) is 17.4 Å². The number of hydrazone groups is 1. The molecule has 1 aromatic heterocycles. The molecule has 7 nitrogen and oxygen atoms in total. The van der Waals surface area contributed by atoms with Crippen LogP contribution in [-0.2, 0) is 11.8 Å². The number of carbonyl (C=O) groups excluding carboxylic acids is 1. The van der Waals surface area contributed by atoms with Crippen molar-refractivity contribution in [2.75, 3.05) is 5.75 Å². The first kappa shape index (κ1) is 18.9. The van der Waals surface area contributed by atoms with Gasteiger partial charge in [-0.2, -0.15) is 5.10 Å². The summed E-state index contributed by atoms with van der Waals surface area (Å²) in [7, 11) is 1.83. The van der Waals surface area contributed by atoms with Crippen LogP contribution in [0.4, 0.5) is 0 Å². The summed E-state index contributed by atoms with van der Waals surface area (Å²) in [5.41, 5.74) is 3.78. The third-order valence-electron chi connectivity index (χ3n) is 3.58. The zero-order chi connectivity index (χ0) is 19.2. The number of hydrogen-bond acceptors (Lipinski definition) is 6. The van der Waals surface area contributed by atoms with Crippen LogP contribution in [0.3, 0.4) is 0 Å². The molecule has 0 unspecified atom stereocenters. The average molecular weight is 402 g/mol. The molecule has 1 amide bonds. The Bertz CT molecular complexity index is 989. The van der Waals surface area contributed by atoms with E-state index < -0.39 is 0 Å². The van der Waals surface area contributed by atoms with Crippen molar-refractivity contribution in [1.29, 1.82) is 0 Å². The lowest BCUT2D eigenvalue weighted by molar-refractivity contribution is -0.118. The molecule has 9 heteroatoms. The first-order valence-electron chi connectivity index (χ1n) is 7.92. The minimum Gasteiger partial charge on any atom is -0.507 e. The zero-order valence-electron chi connectivity index (χ0n) is 14.3. The van der Waals surface area contributed by atoms with Crippen molar-refractivity contribution >= 4 is 35.5 Å². The Morgan fingerprint density at radius 2 is 2.11 bits per heavy atom. The molecule has 0 aliphatic rings. The molecule has 3 aromatic rings. The zero-order valence-corrected chi connectivity index (χ0v) is 15.9. The summed E-state index contributed by atoms with van der Waals surface area (Å²) in [4.78, 5) is 11.9. The van der Waals surface area contributed by atoms with E-state index in [1.54, 1.807) is 41.0 Å². The summed E-state index contributed by atoms with van der Waals surface area (Å²) in [5, 5.41) is 23.0. The van der Waals surface area contributed by atoms with Gasteiger partial charge in [0.2, 0.25) is 0 Å². The van der Waals surface area contributed by atoms with E-state index >= 15 is 0 Å². The molecule has 0 fully saturated rings. The molecule has 27 heavy (non-hydrogen) atoms. The molecule has 2 aromatic carbocycles. The van der Waals surface area contributed by atoms with Crippen molar-refractivity contribution in [3.8, 4) is 17.1 Å². The number of aromatic hydroxyl groups is 1. The summed E-state index contributed by atoms with van der Waals surface area (Å²) in [6.45, 7) is 0. The highest BCUT2D eigenvalue weighted by Crippen LogP contribution is 2.24. The number of phenolic OH excluding ortho intramolecular Hbond substituents is 1. The van der Waals surface area contributed by atoms with Crippen LogP contribution in [-0.4, -0.2) is 37.7 Å². The number of amides is 1. The van der Waals surface area contributed by atoms with Crippen LogP contribution in [0.2, 0.25) is 5.02 Å². The van der Waals surface area contributed by atoms with E-state index in [0.717, 1.165) is 5.56 Å². The molecule has 0 aliphatic heterocycles. The normalized spacial score (nSPS) is 11.0. The number of benzene rings is 2. The summed E-state index contributed by atoms with van der Waals surface area (Å²) < 4.78 is 1.80. The Balaban J connectivity index is 1.57. The maximum Gasteiger partial charge on any atom is 0.250 e. The number of halogens is 1. The highest BCUT2D eigenvalue weighted by Gasteiger charge is 2.13. The summed E-state index contributed by atoms with van der Waals surface area (Å²) in [5.74, 6) is 0.592. The molecule has 3 rings (SSSR count). The summed E-state index contributed by atoms with van der Waals surface area (Å²) in [6.07, 6.45) is 1.39. The monoisotopic (exact) mass is 401 g/mol. The number of rotatable bonds is 6. The smallest absolute Gasteiger partial charge is 0.250 e. The van der Waals surface area contributed by atoms with Gasteiger partial charge in [0.15, 0.2) is 11.0 Å². The SMILES string of the molecule is Cn1c(SCC(=O)NN=Cc2ccccc2O)nnc1-c1cccc(Cl)c1. The van der Waals surface area contributed by atoms with Crippen molar-refractivity contribution < 1.29 is 9.90 Å². The molecule has 0 aliphatic carbocycles. The van der Waals surface area contributed by atoms with E-state index in [1.807, 2.05) is 19.2 Å². The number of para-hydroxylation sites is 1. The Morgan fingerprint density at radius 3 is 2.89 bits per heavy atom. The molecule has 0 atom stereocenters. The molecular formula is C18H16ClN5O2S. The molecule has 2 N–H and O–H groups in total. The van der Waals surface area contributed by atoms with Crippen molar-refractivity contribution in [2.24, 2.45) is 12.1 Å². The van der Waals surface area contributed by atoms with Gasteiger partial charge in [0, 0.05) is 23.2 Å². The van der Waals surface area contributed by atoms with Crippen molar-refractivity contribution in [3.63, 3.8) is 0 Å². The van der Waals surface area contributed by atoms with Crippen LogP contribution in [0.15, 0.2) is 58.8 Å². The Hall–Kier alpha value is -2.84. The lowest BCUT2D eigenvalue weighted by Gasteiger charge is -2.04. The first-order chi connectivity index (χ1) is 13.0. The minimum atomic E-state index is -0.293. The van der Waals surface area contributed by atoms with Crippen molar-refractivity contribution in [3.05, 3.63) is 59.1 Å². The number of carbonyl (C=O) groups is 1. The standard InChI is InChI=1S/C18H16ClN5O2S/c1-24-17(12-6-4-7-14(19)9-12)22-23-18(24)27-11-16(26)21-20-10-13-5-2-3-8-15(13)25/h2-10,25H,11H2,1H3,(H,21,26). The fraction of sp³-hybridized carbons (Fsp3) is 0.111. The fourth-order valence-electron chi connectivity index (χ4n) is 2.25. The second-order valence-corrected chi connectivity index (χ2v) is 6.90. The molecule has 0 spiro atoms. The molecule has 0 bridgehead atoms. The van der Waals surface area contributed by atoms with Crippen LogP contribution in [0.5, 0.6) is 5.75 Å².